The predicted molar refractivity (Wildman–Crippen MR) is 93.8 cm³/mol. The van der Waals surface area contributed by atoms with E-state index in [1.807, 2.05) is 19.2 Å². The largest absolute Gasteiger partial charge is 0.350 e. The summed E-state index contributed by atoms with van der Waals surface area (Å²) in [6, 6.07) is 4.07. The van der Waals surface area contributed by atoms with E-state index in [1.165, 1.54) is 5.56 Å². The van der Waals surface area contributed by atoms with Crippen molar-refractivity contribution in [1.82, 2.24) is 20.2 Å². The first-order valence-electron chi connectivity index (χ1n) is 8.49. The average molecular weight is 342 g/mol. The van der Waals surface area contributed by atoms with Gasteiger partial charge in [0.1, 0.15) is 0 Å². The van der Waals surface area contributed by atoms with Gasteiger partial charge in [0.25, 0.3) is 0 Å². The van der Waals surface area contributed by atoms with Gasteiger partial charge >= 0.3 is 0 Å². The van der Waals surface area contributed by atoms with Gasteiger partial charge in [-0.2, -0.15) is 0 Å². The van der Waals surface area contributed by atoms with Crippen molar-refractivity contribution in [3.8, 4) is 0 Å². The Morgan fingerprint density at radius 2 is 2.25 bits per heavy atom. The number of aromatic nitrogens is 2. The topological polar surface area (TPSA) is 58.1 Å². The van der Waals surface area contributed by atoms with E-state index in [2.05, 4.69) is 31.6 Å². The molecule has 2 fully saturated rings. The summed E-state index contributed by atoms with van der Waals surface area (Å²) in [6.45, 7) is 4.94. The normalized spacial score (nSPS) is 23.5. The number of thiazole rings is 1. The Kier molecular flexibility index (Phi) is 4.10. The Balaban J connectivity index is 1.47. The molecule has 0 aliphatic carbocycles. The van der Waals surface area contributed by atoms with E-state index in [9.17, 15) is 4.79 Å². The number of amides is 1. The van der Waals surface area contributed by atoms with Crippen LogP contribution in [0.15, 0.2) is 29.9 Å². The number of aryl methyl sites for hydroxylation is 1. The summed E-state index contributed by atoms with van der Waals surface area (Å²) in [6.07, 6.45) is 6.26. The van der Waals surface area contributed by atoms with Gasteiger partial charge in [-0.3, -0.25) is 14.7 Å². The molecule has 2 aromatic heterocycles. The Labute approximate surface area is 146 Å². The molecule has 24 heavy (non-hydrogen) atoms. The highest BCUT2D eigenvalue weighted by Gasteiger charge is 2.48. The number of nitrogens with one attached hydrogen (secondary N) is 1. The van der Waals surface area contributed by atoms with Crippen molar-refractivity contribution >= 4 is 17.2 Å². The highest BCUT2D eigenvalue weighted by molar-refractivity contribution is 7.09. The summed E-state index contributed by atoms with van der Waals surface area (Å²) in [7, 11) is 0. The van der Waals surface area contributed by atoms with Crippen LogP contribution >= 0.6 is 11.3 Å². The third kappa shape index (κ3) is 2.96. The lowest BCUT2D eigenvalue weighted by Crippen LogP contribution is -2.53. The first-order chi connectivity index (χ1) is 11.6. The minimum atomic E-state index is -0.103. The minimum Gasteiger partial charge on any atom is -0.350 e. The van der Waals surface area contributed by atoms with Crippen LogP contribution in [0.25, 0.3) is 0 Å². The third-order valence-corrected chi connectivity index (χ3v) is 6.15. The zero-order valence-electron chi connectivity index (χ0n) is 13.9. The number of pyridine rings is 1. The zero-order chi connectivity index (χ0) is 16.6. The van der Waals surface area contributed by atoms with Gasteiger partial charge in [-0.25, -0.2) is 4.98 Å². The summed E-state index contributed by atoms with van der Waals surface area (Å²) in [5.41, 5.74) is 2.24. The molecule has 1 spiro atoms. The van der Waals surface area contributed by atoms with E-state index in [0.717, 1.165) is 43.2 Å². The van der Waals surface area contributed by atoms with Crippen molar-refractivity contribution in [3.05, 3.63) is 46.2 Å². The fourth-order valence-electron chi connectivity index (χ4n) is 4.11. The van der Waals surface area contributed by atoms with Crippen molar-refractivity contribution in [2.24, 2.45) is 0 Å². The lowest BCUT2D eigenvalue weighted by Gasteiger charge is -2.42. The molecule has 1 N–H and O–H groups in total. The van der Waals surface area contributed by atoms with Gasteiger partial charge in [0.15, 0.2) is 0 Å². The number of likely N-dealkylation sites (tertiary alicyclic amines) is 1. The maximum atomic E-state index is 12.1. The first kappa shape index (κ1) is 15.7. The molecule has 0 saturated carbocycles. The number of carbonyl (C=O) groups excluding carboxylic acids is 1. The van der Waals surface area contributed by atoms with Crippen molar-refractivity contribution in [2.75, 3.05) is 13.1 Å². The zero-order valence-corrected chi connectivity index (χ0v) is 14.7. The summed E-state index contributed by atoms with van der Waals surface area (Å²) < 4.78 is 0. The van der Waals surface area contributed by atoms with Crippen molar-refractivity contribution in [2.45, 2.75) is 44.2 Å². The monoisotopic (exact) mass is 342 g/mol. The number of nitrogens with zero attached hydrogens (tertiary/aromatic N) is 3. The highest BCUT2D eigenvalue weighted by Crippen LogP contribution is 2.43. The Bertz CT molecular complexity index is 722. The molecule has 2 aromatic rings. The molecular weight excluding hydrogens is 320 g/mol. The molecule has 4 heterocycles. The molecule has 126 valence electrons. The van der Waals surface area contributed by atoms with E-state index >= 15 is 0 Å². The molecule has 2 aliphatic heterocycles. The van der Waals surface area contributed by atoms with E-state index in [4.69, 9.17) is 0 Å². The molecule has 1 amide bonds. The maximum absolute atomic E-state index is 12.1. The van der Waals surface area contributed by atoms with E-state index < -0.39 is 0 Å². The molecule has 6 heteroatoms. The van der Waals surface area contributed by atoms with Crippen LogP contribution in [0.2, 0.25) is 0 Å². The summed E-state index contributed by atoms with van der Waals surface area (Å²) in [5.74, 6) is 0.412. The van der Waals surface area contributed by atoms with Gasteiger partial charge in [-0.15, -0.1) is 11.3 Å². The fourth-order valence-corrected chi connectivity index (χ4v) is 4.71. The van der Waals surface area contributed by atoms with Crippen LogP contribution in [0, 0.1) is 6.92 Å². The number of piperidine rings is 1. The number of rotatable bonds is 3. The van der Waals surface area contributed by atoms with Crippen molar-refractivity contribution in [1.29, 1.82) is 0 Å². The standard InChI is InChI=1S/C18H22N4OS/c1-13-20-15(12-24-13)11-22-7-4-18(5-8-22)16(9-17(23)21-18)14-3-2-6-19-10-14/h2-3,6,10,12,16H,4-5,7-9,11H2,1H3,(H,21,23)/t16-/m0/s1. The van der Waals surface area contributed by atoms with Crippen LogP contribution in [0.5, 0.6) is 0 Å². The summed E-state index contributed by atoms with van der Waals surface area (Å²) in [5, 5.41) is 6.57. The Hall–Kier alpha value is -1.79. The van der Waals surface area contributed by atoms with Gasteiger partial charge in [-0.05, 0) is 31.4 Å². The number of hydrogen-bond donors (Lipinski definition) is 1. The van der Waals surface area contributed by atoms with Gasteiger partial charge in [0.05, 0.1) is 10.7 Å². The number of hydrogen-bond acceptors (Lipinski definition) is 5. The Morgan fingerprint density at radius 1 is 1.42 bits per heavy atom. The van der Waals surface area contributed by atoms with Crippen LogP contribution in [0.1, 0.15) is 41.4 Å². The van der Waals surface area contributed by atoms with Crippen molar-refractivity contribution < 1.29 is 4.79 Å². The lowest BCUT2D eigenvalue weighted by atomic mass is 9.75. The number of carbonyl (C=O) groups is 1. The smallest absolute Gasteiger partial charge is 0.221 e. The molecule has 4 rings (SSSR count). The molecular formula is C18H22N4OS. The van der Waals surface area contributed by atoms with E-state index in [1.54, 1.807) is 17.5 Å². The summed E-state index contributed by atoms with van der Waals surface area (Å²) in [4.78, 5) is 23.4. The van der Waals surface area contributed by atoms with E-state index in [0.29, 0.717) is 6.42 Å². The van der Waals surface area contributed by atoms with Crippen LogP contribution in [-0.4, -0.2) is 39.4 Å². The van der Waals surface area contributed by atoms with Crippen LogP contribution in [-0.2, 0) is 11.3 Å². The van der Waals surface area contributed by atoms with E-state index in [-0.39, 0.29) is 17.4 Å². The quantitative estimate of drug-likeness (QED) is 0.931. The molecule has 0 bridgehead atoms. The second-order valence-electron chi connectivity index (χ2n) is 6.88. The molecule has 0 radical (unpaired) electrons. The summed E-state index contributed by atoms with van der Waals surface area (Å²) >= 11 is 1.71. The maximum Gasteiger partial charge on any atom is 0.221 e. The molecule has 0 unspecified atom stereocenters. The van der Waals surface area contributed by atoms with Gasteiger partial charge in [0.2, 0.25) is 5.91 Å². The van der Waals surface area contributed by atoms with Crippen LogP contribution < -0.4 is 5.32 Å². The SMILES string of the molecule is Cc1nc(CN2CCC3(CC2)NC(=O)C[C@H]3c2cccnc2)cs1. The van der Waals surface area contributed by atoms with Crippen LogP contribution in [0.4, 0.5) is 0 Å². The minimum absolute atomic E-state index is 0.103. The highest BCUT2D eigenvalue weighted by atomic mass is 32.1. The third-order valence-electron chi connectivity index (χ3n) is 5.33. The average Bonchev–Trinajstić information content (AvgIpc) is 3.14. The molecule has 5 nitrogen and oxygen atoms in total. The lowest BCUT2D eigenvalue weighted by molar-refractivity contribution is -0.120. The van der Waals surface area contributed by atoms with Crippen LogP contribution in [0.3, 0.4) is 0 Å². The predicted octanol–water partition coefficient (Wildman–Crippen LogP) is 2.48. The fraction of sp³-hybridized carbons (Fsp3) is 0.500. The molecule has 0 aromatic carbocycles. The molecule has 2 aliphatic rings. The second kappa shape index (κ2) is 6.26. The van der Waals surface area contributed by atoms with Crippen molar-refractivity contribution in [3.63, 3.8) is 0 Å². The van der Waals surface area contributed by atoms with Gasteiger partial charge in [0, 0.05) is 55.3 Å². The first-order valence-corrected chi connectivity index (χ1v) is 9.37. The molecule has 2 saturated heterocycles. The van der Waals surface area contributed by atoms with Gasteiger partial charge in [-0.1, -0.05) is 6.07 Å². The molecule has 1 atom stereocenters. The Morgan fingerprint density at radius 3 is 2.92 bits per heavy atom. The van der Waals surface area contributed by atoms with Gasteiger partial charge < -0.3 is 5.32 Å². The second-order valence-corrected chi connectivity index (χ2v) is 7.94.